The number of aryl methyl sites for hydroxylation is 1. The number of rotatable bonds is 9. The van der Waals surface area contributed by atoms with Crippen LogP contribution in [0.2, 0.25) is 0 Å². The second-order valence-corrected chi connectivity index (χ2v) is 5.63. The molecule has 0 spiro atoms. The van der Waals surface area contributed by atoms with Gasteiger partial charge in [-0.15, -0.1) is 0 Å². The van der Waals surface area contributed by atoms with E-state index in [1.807, 2.05) is 0 Å². The summed E-state index contributed by atoms with van der Waals surface area (Å²) in [5, 5.41) is 3.38. The van der Waals surface area contributed by atoms with Gasteiger partial charge in [0.25, 0.3) is 0 Å². The Labute approximate surface area is 128 Å². The van der Waals surface area contributed by atoms with Crippen LogP contribution in [-0.2, 0) is 11.2 Å². The Morgan fingerprint density at radius 3 is 2.62 bits per heavy atom. The molecule has 2 rings (SSSR count). The Hall–Kier alpha value is -1.36. The Kier molecular flexibility index (Phi) is 5.79. The Balaban J connectivity index is 2.33. The van der Waals surface area contributed by atoms with Gasteiger partial charge in [-0.1, -0.05) is 6.92 Å². The van der Waals surface area contributed by atoms with Crippen LogP contribution in [0.5, 0.6) is 0 Å². The zero-order valence-electron chi connectivity index (χ0n) is 13.8. The number of nitrogens with zero attached hydrogens (tertiary/aromatic N) is 3. The quantitative estimate of drug-likeness (QED) is 0.758. The van der Waals surface area contributed by atoms with E-state index in [9.17, 15) is 0 Å². The van der Waals surface area contributed by atoms with Crippen molar-refractivity contribution in [1.29, 1.82) is 0 Å². The largest absolute Gasteiger partial charge is 0.383 e. The number of aromatic nitrogens is 2. The van der Waals surface area contributed by atoms with Crippen molar-refractivity contribution in [3.05, 3.63) is 11.4 Å². The summed E-state index contributed by atoms with van der Waals surface area (Å²) in [7, 11) is 1.75. The molecule has 0 atom stereocenters. The molecule has 1 N–H and O–H groups in total. The molecule has 1 aromatic rings. The van der Waals surface area contributed by atoms with Gasteiger partial charge in [0.2, 0.25) is 0 Å². The highest BCUT2D eigenvalue weighted by Gasteiger charge is 2.31. The molecule has 1 aliphatic rings. The van der Waals surface area contributed by atoms with Gasteiger partial charge in [-0.2, -0.15) is 0 Å². The predicted molar refractivity (Wildman–Crippen MR) is 87.2 cm³/mol. The van der Waals surface area contributed by atoms with Crippen LogP contribution in [0.4, 0.5) is 11.6 Å². The highest BCUT2D eigenvalue weighted by Crippen LogP contribution is 2.34. The predicted octanol–water partition coefficient (Wildman–Crippen LogP) is 2.78. The van der Waals surface area contributed by atoms with Crippen molar-refractivity contribution in [3.63, 3.8) is 0 Å². The van der Waals surface area contributed by atoms with Gasteiger partial charge in [0.15, 0.2) is 0 Å². The van der Waals surface area contributed by atoms with Crippen LogP contribution in [0.25, 0.3) is 0 Å². The van der Waals surface area contributed by atoms with Crippen molar-refractivity contribution >= 4 is 11.6 Å². The van der Waals surface area contributed by atoms with Crippen LogP contribution in [0.15, 0.2) is 0 Å². The minimum atomic E-state index is 0.623. The lowest BCUT2D eigenvalue weighted by Gasteiger charge is -2.26. The molecule has 1 aliphatic carbocycles. The molecule has 5 heteroatoms. The molecular formula is C16H28N4O. The number of methoxy groups -OCH3 is 1. The third-order valence-electron chi connectivity index (χ3n) is 3.78. The molecule has 5 nitrogen and oxygen atoms in total. The highest BCUT2D eigenvalue weighted by atomic mass is 16.5. The second-order valence-electron chi connectivity index (χ2n) is 5.63. The van der Waals surface area contributed by atoms with Crippen LogP contribution in [0.1, 0.15) is 44.5 Å². The Morgan fingerprint density at radius 1 is 1.29 bits per heavy atom. The maximum Gasteiger partial charge on any atom is 0.137 e. The van der Waals surface area contributed by atoms with Crippen molar-refractivity contribution < 1.29 is 4.74 Å². The van der Waals surface area contributed by atoms with E-state index in [2.05, 4.69) is 36.0 Å². The lowest BCUT2D eigenvalue weighted by atomic mass is 10.2. The molecule has 0 aliphatic heterocycles. The average Bonchev–Trinajstić information content (AvgIpc) is 3.29. The van der Waals surface area contributed by atoms with Gasteiger partial charge in [0.05, 0.1) is 6.61 Å². The molecule has 0 saturated heterocycles. The third kappa shape index (κ3) is 4.06. The fourth-order valence-corrected chi connectivity index (χ4v) is 2.54. The molecule has 0 radical (unpaired) electrons. The Morgan fingerprint density at radius 2 is 2.05 bits per heavy atom. The molecule has 1 fully saturated rings. The topological polar surface area (TPSA) is 50.3 Å². The minimum absolute atomic E-state index is 0.623. The van der Waals surface area contributed by atoms with Gasteiger partial charge in [-0.25, -0.2) is 9.97 Å². The van der Waals surface area contributed by atoms with Crippen LogP contribution in [0, 0.1) is 6.92 Å². The molecule has 21 heavy (non-hydrogen) atoms. The standard InChI is InChI=1S/C16H28N4O/c1-5-7-14-18-15(17-6-2)12(3)16(19-14)20(10-11-21-4)13-8-9-13/h13H,5-11H2,1-4H3,(H,17,18,19). The fraction of sp³-hybridized carbons (Fsp3) is 0.750. The zero-order valence-corrected chi connectivity index (χ0v) is 13.8. The molecule has 1 aromatic heterocycles. The third-order valence-corrected chi connectivity index (χ3v) is 3.78. The number of hydrogen-bond donors (Lipinski definition) is 1. The maximum atomic E-state index is 5.27. The molecule has 0 amide bonds. The number of nitrogens with one attached hydrogen (secondary N) is 1. The zero-order chi connectivity index (χ0) is 15.2. The molecular weight excluding hydrogens is 264 g/mol. The monoisotopic (exact) mass is 292 g/mol. The lowest BCUT2D eigenvalue weighted by Crippen LogP contribution is -2.31. The van der Waals surface area contributed by atoms with Crippen LogP contribution in [0.3, 0.4) is 0 Å². The van der Waals surface area contributed by atoms with E-state index in [4.69, 9.17) is 9.72 Å². The lowest BCUT2D eigenvalue weighted by molar-refractivity contribution is 0.204. The van der Waals surface area contributed by atoms with Gasteiger partial charge in [-0.05, 0) is 33.1 Å². The molecule has 0 unspecified atom stereocenters. The van der Waals surface area contributed by atoms with Gasteiger partial charge < -0.3 is 15.0 Å². The number of hydrogen-bond acceptors (Lipinski definition) is 5. The van der Waals surface area contributed by atoms with Crippen molar-refractivity contribution in [1.82, 2.24) is 9.97 Å². The van der Waals surface area contributed by atoms with E-state index in [1.165, 1.54) is 12.8 Å². The fourth-order valence-electron chi connectivity index (χ4n) is 2.54. The minimum Gasteiger partial charge on any atom is -0.383 e. The molecule has 1 heterocycles. The molecule has 0 aromatic carbocycles. The average molecular weight is 292 g/mol. The van der Waals surface area contributed by atoms with Crippen LogP contribution >= 0.6 is 0 Å². The smallest absolute Gasteiger partial charge is 0.137 e. The van der Waals surface area contributed by atoms with E-state index in [1.54, 1.807) is 7.11 Å². The van der Waals surface area contributed by atoms with E-state index in [0.29, 0.717) is 6.04 Å². The summed E-state index contributed by atoms with van der Waals surface area (Å²) < 4.78 is 5.27. The molecule has 0 bridgehead atoms. The highest BCUT2D eigenvalue weighted by molar-refractivity contribution is 5.59. The SMILES string of the molecule is CCCc1nc(NCC)c(C)c(N(CCOC)C2CC2)n1. The molecule has 1 saturated carbocycles. The second kappa shape index (κ2) is 7.59. The van der Waals surface area contributed by atoms with E-state index < -0.39 is 0 Å². The summed E-state index contributed by atoms with van der Waals surface area (Å²) >= 11 is 0. The first-order valence-electron chi connectivity index (χ1n) is 8.08. The summed E-state index contributed by atoms with van der Waals surface area (Å²) in [4.78, 5) is 11.9. The van der Waals surface area contributed by atoms with Gasteiger partial charge in [0, 0.05) is 38.2 Å². The summed E-state index contributed by atoms with van der Waals surface area (Å²) in [5.74, 6) is 3.01. The maximum absolute atomic E-state index is 5.27. The summed E-state index contributed by atoms with van der Waals surface area (Å²) in [5.41, 5.74) is 1.15. The summed E-state index contributed by atoms with van der Waals surface area (Å²) in [6.45, 7) is 8.90. The first kappa shape index (κ1) is 16.0. The number of ether oxygens (including phenoxy) is 1. The van der Waals surface area contributed by atoms with Crippen molar-refractivity contribution in [2.24, 2.45) is 0 Å². The first-order chi connectivity index (χ1) is 10.2. The van der Waals surface area contributed by atoms with Gasteiger partial charge in [0.1, 0.15) is 17.5 Å². The molecule has 118 valence electrons. The summed E-state index contributed by atoms with van der Waals surface area (Å²) in [6, 6.07) is 0.623. The van der Waals surface area contributed by atoms with Crippen molar-refractivity contribution in [3.8, 4) is 0 Å². The van der Waals surface area contributed by atoms with Crippen LogP contribution < -0.4 is 10.2 Å². The van der Waals surface area contributed by atoms with Gasteiger partial charge >= 0.3 is 0 Å². The van der Waals surface area contributed by atoms with E-state index in [0.717, 1.165) is 55.6 Å². The Bertz CT molecular complexity index is 460. The van der Waals surface area contributed by atoms with Crippen molar-refractivity contribution in [2.75, 3.05) is 37.0 Å². The van der Waals surface area contributed by atoms with E-state index >= 15 is 0 Å². The van der Waals surface area contributed by atoms with Crippen molar-refractivity contribution in [2.45, 2.75) is 52.5 Å². The normalized spacial score (nSPS) is 14.3. The van der Waals surface area contributed by atoms with Gasteiger partial charge in [-0.3, -0.25) is 0 Å². The van der Waals surface area contributed by atoms with E-state index in [-0.39, 0.29) is 0 Å². The van der Waals surface area contributed by atoms with Crippen LogP contribution in [-0.4, -0.2) is 42.8 Å². The number of anilines is 2. The first-order valence-corrected chi connectivity index (χ1v) is 8.08. The summed E-state index contributed by atoms with van der Waals surface area (Å²) in [6.07, 6.45) is 4.50.